The fourth-order valence-corrected chi connectivity index (χ4v) is 4.22. The molecule has 1 aliphatic rings. The lowest BCUT2D eigenvalue weighted by Crippen LogP contribution is -2.41. The molecule has 32 heavy (non-hydrogen) atoms. The molecule has 2 amide bonds. The second-order valence-corrected chi connectivity index (χ2v) is 9.72. The first-order chi connectivity index (χ1) is 15.2. The van der Waals surface area contributed by atoms with Crippen molar-refractivity contribution in [2.75, 3.05) is 37.8 Å². The molecule has 0 bridgehead atoms. The van der Waals surface area contributed by atoms with Gasteiger partial charge >= 0.3 is 0 Å². The van der Waals surface area contributed by atoms with Crippen LogP contribution in [0.15, 0.2) is 24.3 Å². The smallest absolute Gasteiger partial charge is 0.281 e. The van der Waals surface area contributed by atoms with Gasteiger partial charge in [0.2, 0.25) is 5.91 Å². The Morgan fingerprint density at radius 1 is 1.16 bits per heavy atom. The number of hydrogen-bond acceptors (Lipinski definition) is 7. The number of amides is 2. The molecule has 3 rings (SSSR count). The minimum atomic E-state index is -0.358. The quantitative estimate of drug-likeness (QED) is 0.487. The SMILES string of the molecule is Cc1nc(N2CCOCC2)sc1C(=O)NNC(=O)CCCOc1ccc(C(C)(C)C)cc1. The van der Waals surface area contributed by atoms with Crippen molar-refractivity contribution >= 4 is 28.3 Å². The van der Waals surface area contributed by atoms with Crippen LogP contribution in [0.2, 0.25) is 0 Å². The van der Waals surface area contributed by atoms with Crippen molar-refractivity contribution in [3.63, 3.8) is 0 Å². The normalized spacial score (nSPS) is 14.2. The van der Waals surface area contributed by atoms with Gasteiger partial charge in [-0.2, -0.15) is 0 Å². The van der Waals surface area contributed by atoms with E-state index in [1.165, 1.54) is 16.9 Å². The van der Waals surface area contributed by atoms with E-state index in [0.717, 1.165) is 24.0 Å². The number of aryl methyl sites for hydroxylation is 1. The molecule has 0 spiro atoms. The molecular weight excluding hydrogens is 428 g/mol. The third-order valence-corrected chi connectivity index (χ3v) is 6.34. The molecule has 8 nitrogen and oxygen atoms in total. The average molecular weight is 461 g/mol. The Labute approximate surface area is 193 Å². The molecule has 0 radical (unpaired) electrons. The monoisotopic (exact) mass is 460 g/mol. The van der Waals surface area contributed by atoms with Crippen LogP contribution in [0.25, 0.3) is 0 Å². The molecule has 0 aliphatic carbocycles. The van der Waals surface area contributed by atoms with Crippen molar-refractivity contribution in [3.8, 4) is 5.75 Å². The predicted octanol–water partition coefficient (Wildman–Crippen LogP) is 3.21. The zero-order valence-corrected chi connectivity index (χ0v) is 20.0. The molecule has 1 saturated heterocycles. The molecule has 2 heterocycles. The van der Waals surface area contributed by atoms with Gasteiger partial charge in [0.1, 0.15) is 10.6 Å². The molecule has 174 valence electrons. The molecule has 2 aromatic rings. The van der Waals surface area contributed by atoms with E-state index in [9.17, 15) is 9.59 Å². The van der Waals surface area contributed by atoms with E-state index in [2.05, 4.69) is 53.6 Å². The number of thiazole rings is 1. The van der Waals surface area contributed by atoms with Crippen LogP contribution in [-0.2, 0) is 14.9 Å². The number of carbonyl (C=O) groups is 2. The summed E-state index contributed by atoms with van der Waals surface area (Å²) in [4.78, 5) is 31.6. The lowest BCUT2D eigenvalue weighted by atomic mass is 9.87. The zero-order valence-electron chi connectivity index (χ0n) is 19.2. The van der Waals surface area contributed by atoms with Gasteiger partial charge in [0.15, 0.2) is 5.13 Å². The first kappa shape index (κ1) is 24.0. The Balaban J connectivity index is 1.37. The summed E-state index contributed by atoms with van der Waals surface area (Å²) in [6, 6.07) is 8.01. The van der Waals surface area contributed by atoms with E-state index in [0.29, 0.717) is 36.8 Å². The summed E-state index contributed by atoms with van der Waals surface area (Å²) in [6.07, 6.45) is 0.796. The maximum atomic E-state index is 12.5. The number of aromatic nitrogens is 1. The van der Waals surface area contributed by atoms with Crippen LogP contribution in [0, 0.1) is 6.92 Å². The van der Waals surface area contributed by atoms with Crippen LogP contribution in [0.4, 0.5) is 5.13 Å². The summed E-state index contributed by atoms with van der Waals surface area (Å²) in [5, 5.41) is 0.801. The van der Waals surface area contributed by atoms with E-state index >= 15 is 0 Å². The lowest BCUT2D eigenvalue weighted by molar-refractivity contribution is -0.122. The molecular formula is C23H32N4O4S. The molecule has 0 saturated carbocycles. The van der Waals surface area contributed by atoms with Crippen molar-refractivity contribution in [3.05, 3.63) is 40.4 Å². The fourth-order valence-electron chi connectivity index (χ4n) is 3.20. The van der Waals surface area contributed by atoms with Crippen LogP contribution in [0.3, 0.4) is 0 Å². The van der Waals surface area contributed by atoms with Gasteiger partial charge in [-0.25, -0.2) is 4.98 Å². The van der Waals surface area contributed by atoms with E-state index in [1.54, 1.807) is 6.92 Å². The summed E-state index contributed by atoms with van der Waals surface area (Å²) in [7, 11) is 0. The summed E-state index contributed by atoms with van der Waals surface area (Å²) in [5.74, 6) is 0.159. The van der Waals surface area contributed by atoms with Crippen LogP contribution in [0.5, 0.6) is 5.75 Å². The third kappa shape index (κ3) is 6.67. The maximum Gasteiger partial charge on any atom is 0.281 e. The molecule has 1 aliphatic heterocycles. The Morgan fingerprint density at radius 3 is 2.50 bits per heavy atom. The molecule has 1 aromatic carbocycles. The van der Waals surface area contributed by atoms with Gasteiger partial charge in [-0.3, -0.25) is 20.4 Å². The molecule has 9 heteroatoms. The van der Waals surface area contributed by atoms with Crippen molar-refractivity contribution in [2.24, 2.45) is 0 Å². The van der Waals surface area contributed by atoms with Gasteiger partial charge in [-0.05, 0) is 36.5 Å². The third-order valence-electron chi connectivity index (χ3n) is 5.13. The summed E-state index contributed by atoms with van der Waals surface area (Å²) in [5.41, 5.74) is 6.94. The highest BCUT2D eigenvalue weighted by Crippen LogP contribution is 2.26. The lowest BCUT2D eigenvalue weighted by Gasteiger charge is -2.25. The van der Waals surface area contributed by atoms with Gasteiger partial charge in [-0.15, -0.1) is 0 Å². The fraction of sp³-hybridized carbons (Fsp3) is 0.522. The van der Waals surface area contributed by atoms with Gasteiger partial charge in [0, 0.05) is 19.5 Å². The second-order valence-electron chi connectivity index (χ2n) is 8.74. The first-order valence-corrected chi connectivity index (χ1v) is 11.7. The summed E-state index contributed by atoms with van der Waals surface area (Å²) >= 11 is 1.32. The van der Waals surface area contributed by atoms with Crippen LogP contribution < -0.4 is 20.5 Å². The Hall–Kier alpha value is -2.65. The minimum absolute atomic E-state index is 0.100. The number of nitrogens with one attached hydrogen (secondary N) is 2. The Bertz CT molecular complexity index is 915. The molecule has 0 atom stereocenters. The predicted molar refractivity (Wildman–Crippen MR) is 125 cm³/mol. The molecule has 1 fully saturated rings. The zero-order chi connectivity index (χ0) is 23.1. The Morgan fingerprint density at radius 2 is 1.84 bits per heavy atom. The van der Waals surface area contributed by atoms with Crippen LogP contribution in [-0.4, -0.2) is 49.7 Å². The van der Waals surface area contributed by atoms with E-state index in [-0.39, 0.29) is 23.7 Å². The van der Waals surface area contributed by atoms with E-state index < -0.39 is 0 Å². The Kier molecular flexibility index (Phi) is 8.09. The highest BCUT2D eigenvalue weighted by atomic mass is 32.1. The van der Waals surface area contributed by atoms with E-state index in [1.807, 2.05) is 12.1 Å². The van der Waals surface area contributed by atoms with Crippen molar-refractivity contribution < 1.29 is 19.1 Å². The van der Waals surface area contributed by atoms with Crippen molar-refractivity contribution in [1.29, 1.82) is 0 Å². The summed E-state index contributed by atoms with van der Waals surface area (Å²) in [6.45, 7) is 11.5. The second kappa shape index (κ2) is 10.8. The summed E-state index contributed by atoms with van der Waals surface area (Å²) < 4.78 is 11.1. The van der Waals surface area contributed by atoms with Crippen molar-refractivity contribution in [1.82, 2.24) is 15.8 Å². The molecule has 2 N–H and O–H groups in total. The van der Waals surface area contributed by atoms with Gasteiger partial charge in [0.25, 0.3) is 5.91 Å². The highest BCUT2D eigenvalue weighted by molar-refractivity contribution is 7.17. The number of anilines is 1. The topological polar surface area (TPSA) is 92.8 Å². The average Bonchev–Trinajstić information content (AvgIpc) is 3.17. The number of benzene rings is 1. The van der Waals surface area contributed by atoms with Crippen LogP contribution in [0.1, 0.15) is 54.5 Å². The van der Waals surface area contributed by atoms with Crippen LogP contribution >= 0.6 is 11.3 Å². The molecule has 0 unspecified atom stereocenters. The standard InChI is InChI=1S/C23H32N4O4S/c1-16-20(32-22(24-16)27-11-14-30-15-12-27)21(29)26-25-19(28)6-5-13-31-18-9-7-17(8-10-18)23(2,3)4/h7-10H,5-6,11-15H2,1-4H3,(H,25,28)(H,26,29). The van der Waals surface area contributed by atoms with Gasteiger partial charge in [-0.1, -0.05) is 44.2 Å². The number of ether oxygens (including phenoxy) is 2. The number of carbonyl (C=O) groups excluding carboxylic acids is 2. The highest BCUT2D eigenvalue weighted by Gasteiger charge is 2.20. The number of rotatable bonds is 7. The van der Waals surface area contributed by atoms with Crippen molar-refractivity contribution in [2.45, 2.75) is 46.0 Å². The largest absolute Gasteiger partial charge is 0.494 e. The van der Waals surface area contributed by atoms with E-state index in [4.69, 9.17) is 9.47 Å². The number of nitrogens with zero attached hydrogens (tertiary/aromatic N) is 2. The first-order valence-electron chi connectivity index (χ1n) is 10.9. The maximum absolute atomic E-state index is 12.5. The number of hydrogen-bond donors (Lipinski definition) is 2. The number of morpholine rings is 1. The van der Waals surface area contributed by atoms with Gasteiger partial charge in [0.05, 0.1) is 25.5 Å². The minimum Gasteiger partial charge on any atom is -0.494 e. The number of hydrazine groups is 1. The van der Waals surface area contributed by atoms with Gasteiger partial charge < -0.3 is 14.4 Å². The molecule has 1 aromatic heterocycles.